The largest absolute Gasteiger partial charge is 0.269 e. The van der Waals surface area contributed by atoms with Crippen molar-refractivity contribution < 1.29 is 8.42 Å². The van der Waals surface area contributed by atoms with Gasteiger partial charge in [0, 0.05) is 26.2 Å². The Morgan fingerprint density at radius 1 is 1.11 bits per heavy atom. The van der Waals surface area contributed by atoms with Crippen molar-refractivity contribution in [1.82, 2.24) is 9.31 Å². The maximum absolute atomic E-state index is 12.5. The maximum Gasteiger partial charge on any atom is 0.243 e. The van der Waals surface area contributed by atoms with Gasteiger partial charge in [-0.3, -0.25) is 5.84 Å². The van der Waals surface area contributed by atoms with E-state index in [0.717, 1.165) is 11.1 Å². The molecule has 5 nitrogen and oxygen atoms in total. The molecule has 0 saturated carbocycles. The van der Waals surface area contributed by atoms with Gasteiger partial charge in [0.05, 0.1) is 4.90 Å². The van der Waals surface area contributed by atoms with Crippen molar-refractivity contribution >= 4 is 10.0 Å². The van der Waals surface area contributed by atoms with Crippen LogP contribution in [0.1, 0.15) is 11.1 Å². The molecule has 0 bridgehead atoms. The highest BCUT2D eigenvalue weighted by Gasteiger charge is 2.28. The molecule has 1 saturated heterocycles. The van der Waals surface area contributed by atoms with E-state index in [0.29, 0.717) is 31.1 Å². The molecule has 2 rings (SSSR count). The zero-order valence-electron chi connectivity index (χ0n) is 10.8. The van der Waals surface area contributed by atoms with E-state index in [9.17, 15) is 8.42 Å². The summed E-state index contributed by atoms with van der Waals surface area (Å²) in [6, 6.07) is 5.42. The molecular weight excluding hydrogens is 250 g/mol. The number of piperazine rings is 1. The molecule has 1 aliphatic heterocycles. The molecule has 1 heterocycles. The molecule has 18 heavy (non-hydrogen) atoms. The smallest absolute Gasteiger partial charge is 0.243 e. The lowest BCUT2D eigenvalue weighted by atomic mass is 10.2. The van der Waals surface area contributed by atoms with Gasteiger partial charge in [0.15, 0.2) is 0 Å². The Labute approximate surface area is 108 Å². The summed E-state index contributed by atoms with van der Waals surface area (Å²) in [4.78, 5) is 0.401. The molecule has 1 aromatic rings. The third kappa shape index (κ3) is 2.56. The minimum atomic E-state index is -3.38. The van der Waals surface area contributed by atoms with Crippen molar-refractivity contribution in [2.75, 3.05) is 26.2 Å². The molecule has 1 fully saturated rings. The summed E-state index contributed by atoms with van der Waals surface area (Å²) >= 11 is 0. The lowest BCUT2D eigenvalue weighted by Gasteiger charge is -2.31. The standard InChI is InChI=1S/C12H19N3O2S/c1-10-3-4-12(11(2)9-10)18(16,17)15-7-5-14(13)6-8-15/h3-4,9H,5-8,13H2,1-2H3. The van der Waals surface area contributed by atoms with Gasteiger partial charge >= 0.3 is 0 Å². The van der Waals surface area contributed by atoms with E-state index in [2.05, 4.69) is 0 Å². The van der Waals surface area contributed by atoms with Crippen LogP contribution in [0.25, 0.3) is 0 Å². The molecule has 1 aromatic carbocycles. The highest BCUT2D eigenvalue weighted by Crippen LogP contribution is 2.21. The second kappa shape index (κ2) is 4.97. The molecule has 1 aliphatic rings. The van der Waals surface area contributed by atoms with Crippen LogP contribution in [-0.2, 0) is 10.0 Å². The number of sulfonamides is 1. The number of nitrogens with zero attached hydrogens (tertiary/aromatic N) is 2. The Hall–Kier alpha value is -0.950. The van der Waals surface area contributed by atoms with Gasteiger partial charge in [-0.1, -0.05) is 17.7 Å². The van der Waals surface area contributed by atoms with Crippen LogP contribution in [0, 0.1) is 13.8 Å². The van der Waals surface area contributed by atoms with E-state index < -0.39 is 10.0 Å². The van der Waals surface area contributed by atoms with E-state index in [1.165, 1.54) is 4.31 Å². The van der Waals surface area contributed by atoms with Gasteiger partial charge in [0.1, 0.15) is 0 Å². The number of hydrazine groups is 1. The third-order valence-corrected chi connectivity index (χ3v) is 5.28. The number of hydrogen-bond acceptors (Lipinski definition) is 4. The minimum absolute atomic E-state index is 0.401. The number of benzene rings is 1. The van der Waals surface area contributed by atoms with Crippen LogP contribution < -0.4 is 5.84 Å². The molecule has 100 valence electrons. The van der Waals surface area contributed by atoms with Crippen molar-refractivity contribution in [2.24, 2.45) is 5.84 Å². The zero-order valence-corrected chi connectivity index (χ0v) is 11.6. The van der Waals surface area contributed by atoms with Crippen LogP contribution in [0.3, 0.4) is 0 Å². The van der Waals surface area contributed by atoms with Crippen LogP contribution in [0.5, 0.6) is 0 Å². The summed E-state index contributed by atoms with van der Waals surface area (Å²) in [5.41, 5.74) is 1.86. The Bertz CT molecular complexity index is 534. The maximum atomic E-state index is 12.5. The second-order valence-electron chi connectivity index (χ2n) is 4.71. The quantitative estimate of drug-likeness (QED) is 0.793. The number of hydrogen-bond donors (Lipinski definition) is 1. The third-order valence-electron chi connectivity index (χ3n) is 3.22. The van der Waals surface area contributed by atoms with Crippen molar-refractivity contribution in [3.8, 4) is 0 Å². The van der Waals surface area contributed by atoms with Crippen molar-refractivity contribution in [2.45, 2.75) is 18.7 Å². The molecule has 0 spiro atoms. The molecule has 0 aliphatic carbocycles. The van der Waals surface area contributed by atoms with Gasteiger partial charge in [-0.05, 0) is 25.5 Å². The first-order valence-electron chi connectivity index (χ1n) is 5.98. The van der Waals surface area contributed by atoms with Crippen molar-refractivity contribution in [3.05, 3.63) is 29.3 Å². The van der Waals surface area contributed by atoms with Crippen molar-refractivity contribution in [1.29, 1.82) is 0 Å². The van der Waals surface area contributed by atoms with E-state index in [1.807, 2.05) is 26.0 Å². The highest BCUT2D eigenvalue weighted by molar-refractivity contribution is 7.89. The van der Waals surface area contributed by atoms with Crippen molar-refractivity contribution in [3.63, 3.8) is 0 Å². The van der Waals surface area contributed by atoms with E-state index >= 15 is 0 Å². The Kier molecular flexibility index (Phi) is 3.72. The van der Waals surface area contributed by atoms with E-state index in [1.54, 1.807) is 11.1 Å². The fourth-order valence-electron chi connectivity index (χ4n) is 2.17. The molecule has 0 radical (unpaired) electrons. The average molecular weight is 269 g/mol. The van der Waals surface area contributed by atoms with Gasteiger partial charge in [-0.25, -0.2) is 13.4 Å². The molecule has 6 heteroatoms. The fraction of sp³-hybridized carbons (Fsp3) is 0.500. The summed E-state index contributed by atoms with van der Waals surface area (Å²) in [5.74, 6) is 5.64. The van der Waals surface area contributed by atoms with Crippen LogP contribution >= 0.6 is 0 Å². The summed E-state index contributed by atoms with van der Waals surface area (Å²) < 4.78 is 26.5. The first-order chi connectivity index (χ1) is 8.41. The van der Waals surface area contributed by atoms with E-state index in [4.69, 9.17) is 5.84 Å². The Morgan fingerprint density at radius 2 is 1.72 bits per heavy atom. The number of aryl methyl sites for hydroxylation is 2. The predicted octanol–water partition coefficient (Wildman–Crippen LogP) is 0.483. The summed E-state index contributed by atoms with van der Waals surface area (Å²) in [6.07, 6.45) is 0. The highest BCUT2D eigenvalue weighted by atomic mass is 32.2. The monoisotopic (exact) mass is 269 g/mol. The van der Waals surface area contributed by atoms with Gasteiger partial charge < -0.3 is 0 Å². The molecule has 0 aromatic heterocycles. The van der Waals surface area contributed by atoms with Crippen LogP contribution in [0.15, 0.2) is 23.1 Å². The van der Waals surface area contributed by atoms with Gasteiger partial charge in [-0.15, -0.1) is 0 Å². The average Bonchev–Trinajstić information content (AvgIpc) is 2.29. The lowest BCUT2D eigenvalue weighted by molar-refractivity contribution is 0.192. The Balaban J connectivity index is 2.30. The minimum Gasteiger partial charge on any atom is -0.269 e. The lowest BCUT2D eigenvalue weighted by Crippen LogP contribution is -2.51. The number of nitrogens with two attached hydrogens (primary N) is 1. The predicted molar refractivity (Wildman–Crippen MR) is 70.4 cm³/mol. The fourth-order valence-corrected chi connectivity index (χ4v) is 3.80. The number of rotatable bonds is 2. The summed E-state index contributed by atoms with van der Waals surface area (Å²) in [7, 11) is -3.38. The van der Waals surface area contributed by atoms with Crippen LogP contribution in [-0.4, -0.2) is 43.9 Å². The molecule has 0 atom stereocenters. The van der Waals surface area contributed by atoms with Gasteiger partial charge in [0.2, 0.25) is 10.0 Å². The summed E-state index contributed by atoms with van der Waals surface area (Å²) in [6.45, 7) is 5.84. The van der Waals surface area contributed by atoms with Gasteiger partial charge in [0.25, 0.3) is 0 Å². The zero-order chi connectivity index (χ0) is 13.3. The summed E-state index contributed by atoms with van der Waals surface area (Å²) in [5, 5.41) is 1.65. The SMILES string of the molecule is Cc1ccc(S(=O)(=O)N2CCN(N)CC2)c(C)c1. The first-order valence-corrected chi connectivity index (χ1v) is 7.42. The molecule has 0 unspecified atom stereocenters. The van der Waals surface area contributed by atoms with Gasteiger partial charge in [-0.2, -0.15) is 4.31 Å². The molecular formula is C12H19N3O2S. The molecule has 2 N–H and O–H groups in total. The second-order valence-corrected chi connectivity index (χ2v) is 6.62. The van der Waals surface area contributed by atoms with Crippen LogP contribution in [0.4, 0.5) is 0 Å². The first kappa shape index (κ1) is 13.5. The Morgan fingerprint density at radius 3 is 2.28 bits per heavy atom. The van der Waals surface area contributed by atoms with Crippen LogP contribution in [0.2, 0.25) is 0 Å². The van der Waals surface area contributed by atoms with E-state index in [-0.39, 0.29) is 0 Å². The normalized spacial score (nSPS) is 19.1. The topological polar surface area (TPSA) is 66.6 Å². The molecule has 0 amide bonds.